The summed E-state index contributed by atoms with van der Waals surface area (Å²) in [5.41, 5.74) is 2.25. The number of hydrogen-bond acceptors (Lipinski definition) is 2. The van der Waals surface area contributed by atoms with Crippen LogP contribution in [0.4, 0.5) is 0 Å². The fourth-order valence-electron chi connectivity index (χ4n) is 1.41. The Morgan fingerprint density at radius 1 is 1.50 bits per heavy atom. The van der Waals surface area contributed by atoms with Crippen LogP contribution >= 0.6 is 15.9 Å². The van der Waals surface area contributed by atoms with Crippen molar-refractivity contribution in [3.05, 3.63) is 27.7 Å². The molecule has 0 saturated heterocycles. The van der Waals surface area contributed by atoms with Crippen LogP contribution in [0.2, 0.25) is 0 Å². The summed E-state index contributed by atoms with van der Waals surface area (Å²) in [6.45, 7) is 2.02. The average molecular weight is 257 g/mol. The minimum absolute atomic E-state index is 0.535. The van der Waals surface area contributed by atoms with Crippen LogP contribution in [-0.4, -0.2) is 13.4 Å². The highest BCUT2D eigenvalue weighted by Crippen LogP contribution is 2.29. The first-order valence-electron chi connectivity index (χ1n) is 4.46. The predicted octanol–water partition coefficient (Wildman–Crippen LogP) is 2.90. The number of benzene rings is 1. The van der Waals surface area contributed by atoms with Crippen molar-refractivity contribution in [3.63, 3.8) is 0 Å². The first-order chi connectivity index (χ1) is 6.70. The molecular formula is C11H13BrO2. The van der Waals surface area contributed by atoms with Gasteiger partial charge in [0.05, 0.1) is 7.11 Å². The number of ether oxygens (including phenoxy) is 1. The van der Waals surface area contributed by atoms with E-state index >= 15 is 0 Å². The van der Waals surface area contributed by atoms with Gasteiger partial charge in [0.25, 0.3) is 0 Å². The topological polar surface area (TPSA) is 26.3 Å². The van der Waals surface area contributed by atoms with Crippen molar-refractivity contribution in [2.24, 2.45) is 0 Å². The van der Waals surface area contributed by atoms with E-state index in [1.807, 2.05) is 19.1 Å². The van der Waals surface area contributed by atoms with Crippen LogP contribution in [0.15, 0.2) is 16.6 Å². The van der Waals surface area contributed by atoms with Gasteiger partial charge in [-0.1, -0.05) is 15.9 Å². The fraction of sp³-hybridized carbons (Fsp3) is 0.364. The van der Waals surface area contributed by atoms with Crippen LogP contribution in [0.1, 0.15) is 17.5 Å². The first-order valence-corrected chi connectivity index (χ1v) is 5.25. The second kappa shape index (κ2) is 5.15. The zero-order valence-electron chi connectivity index (χ0n) is 8.34. The van der Waals surface area contributed by atoms with Crippen LogP contribution in [0.5, 0.6) is 5.75 Å². The molecule has 0 atom stereocenters. The van der Waals surface area contributed by atoms with Crippen molar-refractivity contribution in [2.75, 3.05) is 7.11 Å². The molecule has 0 spiro atoms. The summed E-state index contributed by atoms with van der Waals surface area (Å²) < 4.78 is 6.30. The first kappa shape index (κ1) is 11.2. The Labute approximate surface area is 92.4 Å². The van der Waals surface area contributed by atoms with Crippen molar-refractivity contribution in [1.82, 2.24) is 0 Å². The van der Waals surface area contributed by atoms with E-state index < -0.39 is 0 Å². The molecule has 0 bridgehead atoms. The molecule has 0 aliphatic heterocycles. The highest BCUT2D eigenvalue weighted by molar-refractivity contribution is 9.10. The van der Waals surface area contributed by atoms with Gasteiger partial charge in [-0.2, -0.15) is 0 Å². The molecule has 0 saturated carbocycles. The van der Waals surface area contributed by atoms with E-state index in [0.29, 0.717) is 6.42 Å². The number of methoxy groups -OCH3 is 1. The SMILES string of the molecule is COc1ccc(Br)c(C)c1CCC=O. The molecular weight excluding hydrogens is 244 g/mol. The lowest BCUT2D eigenvalue weighted by Gasteiger charge is -2.11. The van der Waals surface area contributed by atoms with E-state index in [9.17, 15) is 4.79 Å². The third-order valence-electron chi connectivity index (χ3n) is 2.22. The minimum Gasteiger partial charge on any atom is -0.496 e. The summed E-state index contributed by atoms with van der Waals surface area (Å²) >= 11 is 3.46. The second-order valence-corrected chi connectivity index (χ2v) is 3.91. The molecule has 14 heavy (non-hydrogen) atoms. The quantitative estimate of drug-likeness (QED) is 0.775. The Bertz CT molecular complexity index is 334. The molecule has 0 radical (unpaired) electrons. The minimum atomic E-state index is 0.535. The third kappa shape index (κ3) is 2.35. The predicted molar refractivity (Wildman–Crippen MR) is 59.8 cm³/mol. The Kier molecular flexibility index (Phi) is 4.14. The van der Waals surface area contributed by atoms with Gasteiger partial charge in [-0.3, -0.25) is 0 Å². The van der Waals surface area contributed by atoms with Crippen LogP contribution in [0, 0.1) is 6.92 Å². The van der Waals surface area contributed by atoms with Crippen molar-refractivity contribution in [3.8, 4) is 5.75 Å². The number of carbonyl (C=O) groups is 1. The lowest BCUT2D eigenvalue weighted by molar-refractivity contribution is -0.107. The lowest BCUT2D eigenvalue weighted by atomic mass is 10.0. The molecule has 1 aromatic rings. The monoisotopic (exact) mass is 256 g/mol. The molecule has 0 aromatic heterocycles. The van der Waals surface area contributed by atoms with Gasteiger partial charge in [0.2, 0.25) is 0 Å². The van der Waals surface area contributed by atoms with E-state index in [1.54, 1.807) is 7.11 Å². The van der Waals surface area contributed by atoms with Crippen LogP contribution in [0.25, 0.3) is 0 Å². The van der Waals surface area contributed by atoms with Crippen molar-refractivity contribution >= 4 is 22.2 Å². The van der Waals surface area contributed by atoms with E-state index in [0.717, 1.165) is 34.1 Å². The average Bonchev–Trinajstić information content (AvgIpc) is 2.20. The van der Waals surface area contributed by atoms with E-state index in [2.05, 4.69) is 15.9 Å². The molecule has 1 rings (SSSR count). The zero-order valence-corrected chi connectivity index (χ0v) is 9.93. The summed E-state index contributed by atoms with van der Waals surface area (Å²) in [5.74, 6) is 0.854. The molecule has 0 heterocycles. The van der Waals surface area contributed by atoms with Crippen molar-refractivity contribution in [1.29, 1.82) is 0 Å². The highest BCUT2D eigenvalue weighted by Gasteiger charge is 2.08. The van der Waals surface area contributed by atoms with E-state index in [-0.39, 0.29) is 0 Å². The largest absolute Gasteiger partial charge is 0.496 e. The number of rotatable bonds is 4. The van der Waals surface area contributed by atoms with E-state index in [1.165, 1.54) is 0 Å². The normalized spacial score (nSPS) is 9.93. The van der Waals surface area contributed by atoms with E-state index in [4.69, 9.17) is 4.74 Å². The Balaban J connectivity index is 3.07. The van der Waals surface area contributed by atoms with Crippen molar-refractivity contribution in [2.45, 2.75) is 19.8 Å². The Hall–Kier alpha value is -0.830. The molecule has 0 amide bonds. The number of hydrogen-bond donors (Lipinski definition) is 0. The molecule has 0 unspecified atom stereocenters. The third-order valence-corrected chi connectivity index (χ3v) is 3.08. The molecule has 2 nitrogen and oxygen atoms in total. The summed E-state index contributed by atoms with van der Waals surface area (Å²) in [4.78, 5) is 10.3. The van der Waals surface area contributed by atoms with Crippen LogP contribution < -0.4 is 4.74 Å². The number of halogens is 1. The summed E-state index contributed by atoms with van der Waals surface area (Å²) in [7, 11) is 1.65. The fourth-order valence-corrected chi connectivity index (χ4v) is 1.78. The summed E-state index contributed by atoms with van der Waals surface area (Å²) in [6, 6.07) is 3.87. The van der Waals surface area contributed by atoms with Gasteiger partial charge in [0.15, 0.2) is 0 Å². The van der Waals surface area contributed by atoms with Gasteiger partial charge in [-0.05, 0) is 36.6 Å². The number of aldehydes is 1. The maximum absolute atomic E-state index is 10.3. The molecule has 0 fully saturated rings. The smallest absolute Gasteiger partial charge is 0.122 e. The molecule has 0 aliphatic rings. The van der Waals surface area contributed by atoms with Gasteiger partial charge >= 0.3 is 0 Å². The van der Waals surface area contributed by atoms with Crippen molar-refractivity contribution < 1.29 is 9.53 Å². The summed E-state index contributed by atoms with van der Waals surface area (Å²) in [5, 5.41) is 0. The maximum Gasteiger partial charge on any atom is 0.122 e. The molecule has 1 aromatic carbocycles. The lowest BCUT2D eigenvalue weighted by Crippen LogP contribution is -1.97. The molecule has 0 N–H and O–H groups in total. The van der Waals surface area contributed by atoms with Crippen LogP contribution in [-0.2, 0) is 11.2 Å². The Morgan fingerprint density at radius 2 is 2.21 bits per heavy atom. The van der Waals surface area contributed by atoms with Gasteiger partial charge in [0.1, 0.15) is 12.0 Å². The highest BCUT2D eigenvalue weighted by atomic mass is 79.9. The van der Waals surface area contributed by atoms with Gasteiger partial charge in [-0.15, -0.1) is 0 Å². The maximum atomic E-state index is 10.3. The van der Waals surface area contributed by atoms with Gasteiger partial charge in [-0.25, -0.2) is 0 Å². The molecule has 3 heteroatoms. The van der Waals surface area contributed by atoms with Gasteiger partial charge < -0.3 is 9.53 Å². The standard InChI is InChI=1S/C11H13BrO2/c1-8-9(4-3-7-13)11(14-2)6-5-10(8)12/h5-7H,3-4H2,1-2H3. The number of carbonyl (C=O) groups excluding carboxylic acids is 1. The summed E-state index contributed by atoms with van der Waals surface area (Å²) in [6.07, 6.45) is 2.20. The van der Waals surface area contributed by atoms with Gasteiger partial charge in [0, 0.05) is 10.9 Å². The second-order valence-electron chi connectivity index (χ2n) is 3.06. The Morgan fingerprint density at radius 3 is 2.79 bits per heavy atom. The molecule has 76 valence electrons. The van der Waals surface area contributed by atoms with Crippen LogP contribution in [0.3, 0.4) is 0 Å². The zero-order chi connectivity index (χ0) is 10.6. The molecule has 0 aliphatic carbocycles.